The first kappa shape index (κ1) is 9.85. The Bertz CT molecular complexity index is 243. The monoisotopic (exact) mass is 226 g/mol. The van der Waals surface area contributed by atoms with Crippen molar-refractivity contribution in [3.8, 4) is 0 Å². The molecular weight excluding hydrogens is 214 g/mol. The van der Waals surface area contributed by atoms with Gasteiger partial charge in [-0.15, -0.1) is 0 Å². The summed E-state index contributed by atoms with van der Waals surface area (Å²) in [6.07, 6.45) is 0. The highest BCUT2D eigenvalue weighted by atomic mass is 32.6. The summed E-state index contributed by atoms with van der Waals surface area (Å²) in [6, 6.07) is 0. The van der Waals surface area contributed by atoms with Crippen LogP contribution in [0.15, 0.2) is 0 Å². The van der Waals surface area contributed by atoms with Gasteiger partial charge >= 0.3 is 0 Å². The Balaban J connectivity index is 3.06. The predicted octanol–water partition coefficient (Wildman–Crippen LogP) is 2.11. The number of hydrogen-bond donors (Lipinski definition) is 0. The van der Waals surface area contributed by atoms with Crippen LogP contribution in [0.25, 0.3) is 0 Å². The van der Waals surface area contributed by atoms with Gasteiger partial charge in [0.15, 0.2) is 5.11 Å². The topological polar surface area (TPSA) is 6.48 Å². The molecule has 1 aliphatic heterocycles. The third kappa shape index (κ3) is 1.35. The van der Waals surface area contributed by atoms with Gasteiger partial charge in [-0.1, -0.05) is 11.8 Å². The summed E-state index contributed by atoms with van der Waals surface area (Å²) in [5.41, 5.74) is 0. The van der Waals surface area contributed by atoms with Crippen molar-refractivity contribution >= 4 is 42.8 Å². The van der Waals surface area contributed by atoms with E-state index in [0.29, 0.717) is 0 Å². The molecule has 0 aromatic rings. The van der Waals surface area contributed by atoms with E-state index in [-0.39, 0.29) is 7.76 Å². The Kier molecular flexibility index (Phi) is 2.61. The van der Waals surface area contributed by atoms with Crippen LogP contribution in [0, 0.1) is 0 Å². The van der Waals surface area contributed by atoms with Gasteiger partial charge in [-0.3, -0.25) is 0 Å². The zero-order valence-electron chi connectivity index (χ0n) is 7.11. The van der Waals surface area contributed by atoms with Crippen molar-refractivity contribution in [1.82, 2.24) is 9.34 Å². The minimum atomic E-state index is -1.32. The third-order valence-electron chi connectivity index (χ3n) is 2.08. The van der Waals surface area contributed by atoms with Crippen molar-refractivity contribution < 1.29 is 0 Å². The molecule has 2 unspecified atom stereocenters. The van der Waals surface area contributed by atoms with E-state index in [2.05, 4.69) is 22.7 Å². The quantitative estimate of drug-likeness (QED) is 0.461. The summed E-state index contributed by atoms with van der Waals surface area (Å²) in [4.78, 5) is 0. The first-order valence-corrected chi connectivity index (χ1v) is 9.28. The molecule has 2 nitrogen and oxygen atoms in total. The lowest BCUT2D eigenvalue weighted by molar-refractivity contribution is 0.723. The Morgan fingerprint density at radius 2 is 1.91 bits per heavy atom. The van der Waals surface area contributed by atoms with E-state index in [9.17, 15) is 0 Å². The van der Waals surface area contributed by atoms with E-state index < -0.39 is 5.88 Å². The maximum atomic E-state index is 5.54. The molecular formula is C5H12N2P2S2. The molecule has 0 saturated carbocycles. The second-order valence-electron chi connectivity index (χ2n) is 2.65. The van der Waals surface area contributed by atoms with Crippen LogP contribution in [0.5, 0.6) is 0 Å². The largest absolute Gasteiger partial charge is 0.325 e. The number of thiocarbonyl (C=S) groups is 1. The van der Waals surface area contributed by atoms with Crippen molar-refractivity contribution in [3.63, 3.8) is 0 Å². The lowest BCUT2D eigenvalue weighted by atomic mass is 11.0. The molecule has 1 fully saturated rings. The molecule has 1 heterocycles. The number of nitrogens with zero attached hydrogens (tertiary/aromatic N) is 2. The zero-order valence-corrected chi connectivity index (χ0v) is 10.5. The molecule has 0 aromatic heterocycles. The van der Waals surface area contributed by atoms with Gasteiger partial charge in [0.05, 0.1) is 5.88 Å². The van der Waals surface area contributed by atoms with Gasteiger partial charge in [0.25, 0.3) is 0 Å². The maximum Gasteiger partial charge on any atom is 0.178 e. The molecule has 0 bridgehead atoms. The van der Waals surface area contributed by atoms with E-state index in [1.54, 1.807) is 0 Å². The van der Waals surface area contributed by atoms with Crippen LogP contribution in [0.1, 0.15) is 0 Å². The van der Waals surface area contributed by atoms with Crippen LogP contribution in [-0.2, 0) is 11.8 Å². The van der Waals surface area contributed by atoms with Crippen LogP contribution in [0.4, 0.5) is 0 Å². The molecule has 0 aromatic carbocycles. The highest BCUT2D eigenvalue weighted by molar-refractivity contribution is 8.51. The van der Waals surface area contributed by atoms with Crippen LogP contribution in [-0.4, -0.2) is 41.9 Å². The van der Waals surface area contributed by atoms with Crippen molar-refractivity contribution in [3.05, 3.63) is 0 Å². The van der Waals surface area contributed by atoms with Gasteiger partial charge < -0.3 is 9.34 Å². The van der Waals surface area contributed by atoms with Gasteiger partial charge in [-0.05, 0) is 25.5 Å². The van der Waals surface area contributed by atoms with Gasteiger partial charge in [-0.25, -0.2) is 0 Å². The number of rotatable bonds is 0. The average Bonchev–Trinajstić information content (AvgIpc) is 2.06. The highest BCUT2D eigenvalue weighted by Crippen LogP contribution is 2.78. The summed E-state index contributed by atoms with van der Waals surface area (Å²) in [6.45, 7) is 4.38. The van der Waals surface area contributed by atoms with E-state index in [4.69, 9.17) is 24.0 Å². The van der Waals surface area contributed by atoms with Crippen LogP contribution < -0.4 is 0 Å². The van der Waals surface area contributed by atoms with Gasteiger partial charge in [-0.2, -0.15) is 0 Å². The van der Waals surface area contributed by atoms with E-state index in [1.807, 2.05) is 14.1 Å². The van der Waals surface area contributed by atoms with Crippen molar-refractivity contribution in [2.24, 2.45) is 0 Å². The fraction of sp³-hybridized carbons (Fsp3) is 0.800. The molecule has 1 rings (SSSR count). The molecule has 2 atom stereocenters. The second-order valence-corrected chi connectivity index (χ2v) is 13.9. The molecule has 0 amide bonds. The van der Waals surface area contributed by atoms with Crippen LogP contribution >= 0.6 is 25.9 Å². The summed E-state index contributed by atoms with van der Waals surface area (Å²) >= 11 is 10.8. The molecule has 64 valence electrons. The van der Waals surface area contributed by atoms with Gasteiger partial charge in [0, 0.05) is 21.9 Å². The lowest BCUT2D eigenvalue weighted by Gasteiger charge is -2.21. The molecule has 1 aliphatic rings. The molecule has 0 spiro atoms. The smallest absolute Gasteiger partial charge is 0.178 e. The molecule has 6 heteroatoms. The molecule has 11 heavy (non-hydrogen) atoms. The normalized spacial score (nSPS) is 38.5. The number of hydrogen-bond acceptors (Lipinski definition) is 2. The average molecular weight is 226 g/mol. The predicted molar refractivity (Wildman–Crippen MR) is 61.2 cm³/mol. The van der Waals surface area contributed by atoms with Crippen molar-refractivity contribution in [1.29, 1.82) is 0 Å². The standard InChI is InChI=1S/C5H12N2P2S2/c1-6-5(10)7(2)9(4,11)8(6)3/h1-4H3. The van der Waals surface area contributed by atoms with Crippen LogP contribution in [0.2, 0.25) is 0 Å². The van der Waals surface area contributed by atoms with E-state index in [1.165, 1.54) is 0 Å². The third-order valence-corrected chi connectivity index (χ3v) is 14.0. The Hall–Kier alpha value is 0.770. The van der Waals surface area contributed by atoms with E-state index in [0.717, 1.165) is 5.11 Å². The first-order chi connectivity index (χ1) is 4.89. The highest BCUT2D eigenvalue weighted by Gasteiger charge is 2.38. The second kappa shape index (κ2) is 2.92. The SMILES string of the molecule is CN1C(=S)N(C)P(C)(=S)P1C. The fourth-order valence-electron chi connectivity index (χ4n) is 0.935. The fourth-order valence-corrected chi connectivity index (χ4v) is 8.49. The minimum absolute atomic E-state index is 0.204. The zero-order chi connectivity index (χ0) is 8.81. The molecule has 0 aliphatic carbocycles. The first-order valence-electron chi connectivity index (χ1n) is 3.22. The molecule has 0 radical (unpaired) electrons. The van der Waals surface area contributed by atoms with Gasteiger partial charge in [0.1, 0.15) is 0 Å². The summed E-state index contributed by atoms with van der Waals surface area (Å²) in [5.74, 6) is -1.32. The Morgan fingerprint density at radius 3 is 2.00 bits per heavy atom. The van der Waals surface area contributed by atoms with Crippen molar-refractivity contribution in [2.45, 2.75) is 0 Å². The Morgan fingerprint density at radius 1 is 1.45 bits per heavy atom. The molecule has 1 saturated heterocycles. The van der Waals surface area contributed by atoms with Crippen LogP contribution in [0.3, 0.4) is 0 Å². The maximum absolute atomic E-state index is 5.54. The Labute approximate surface area is 79.7 Å². The van der Waals surface area contributed by atoms with Crippen molar-refractivity contribution in [2.75, 3.05) is 27.4 Å². The lowest BCUT2D eigenvalue weighted by Crippen LogP contribution is -2.23. The van der Waals surface area contributed by atoms with Gasteiger partial charge in [0.2, 0.25) is 0 Å². The molecule has 0 N–H and O–H groups in total. The summed E-state index contributed by atoms with van der Waals surface area (Å²) in [5, 5.41) is 0.921. The van der Waals surface area contributed by atoms with E-state index >= 15 is 0 Å². The summed E-state index contributed by atoms with van der Waals surface area (Å²) in [7, 11) is 3.86. The minimum Gasteiger partial charge on any atom is -0.325 e. The summed E-state index contributed by atoms with van der Waals surface area (Å²) < 4.78 is 4.27.